The minimum absolute atomic E-state index is 0.0109. The first-order valence-electron chi connectivity index (χ1n) is 9.84. The lowest BCUT2D eigenvalue weighted by atomic mass is 10.0. The molecule has 144 valence electrons. The number of benzene rings is 1. The molecule has 3 rings (SSSR count). The normalized spacial score (nSPS) is 19.4. The molecule has 1 aliphatic heterocycles. The van der Waals surface area contributed by atoms with Crippen LogP contribution in [0.15, 0.2) is 24.3 Å². The van der Waals surface area contributed by atoms with Crippen molar-refractivity contribution in [1.82, 2.24) is 9.47 Å². The predicted octanol–water partition coefficient (Wildman–Crippen LogP) is 4.28. The molecule has 0 spiro atoms. The van der Waals surface area contributed by atoms with Crippen molar-refractivity contribution in [3.8, 4) is 17.8 Å². The smallest absolute Gasteiger partial charge is 0.179 e. The molecule has 0 N–H and O–H groups in total. The van der Waals surface area contributed by atoms with E-state index in [9.17, 15) is 10.1 Å². The van der Waals surface area contributed by atoms with Crippen molar-refractivity contribution in [2.45, 2.75) is 59.0 Å². The highest BCUT2D eigenvalue weighted by molar-refractivity contribution is 6.01. The second-order valence-electron chi connectivity index (χ2n) is 7.61. The van der Waals surface area contributed by atoms with Gasteiger partial charge >= 0.3 is 0 Å². The maximum atomic E-state index is 13.3. The van der Waals surface area contributed by atoms with Crippen molar-refractivity contribution in [2.24, 2.45) is 0 Å². The number of hydrogen-bond acceptors (Lipinski definition) is 4. The molecule has 28 heavy (non-hydrogen) atoms. The molecule has 0 aliphatic carbocycles. The van der Waals surface area contributed by atoms with Crippen molar-refractivity contribution in [2.75, 3.05) is 6.54 Å². The van der Waals surface area contributed by atoms with Crippen LogP contribution in [0.1, 0.15) is 66.0 Å². The Bertz CT molecular complexity index is 972. The van der Waals surface area contributed by atoms with Crippen molar-refractivity contribution < 1.29 is 4.79 Å². The van der Waals surface area contributed by atoms with E-state index < -0.39 is 0 Å². The first kappa shape index (κ1) is 19.9. The quantitative estimate of drug-likeness (QED) is 0.732. The minimum Gasteiger partial charge on any atom is -0.316 e. The zero-order valence-corrected chi connectivity index (χ0v) is 17.0. The lowest BCUT2D eigenvalue weighted by Gasteiger charge is -2.26. The second kappa shape index (κ2) is 8.00. The standard InChI is InChI=1S/C23H26N4O/c1-5-19-9-6-15(2)26(19)14-22(28)23-17(4)27(16(3)21(23)13-25)20-10-7-18(12-24)8-11-20/h7-8,10-11,15,19H,5-6,9,14H2,1-4H3. The van der Waals surface area contributed by atoms with Crippen LogP contribution in [0.5, 0.6) is 0 Å². The van der Waals surface area contributed by atoms with Crippen molar-refractivity contribution >= 4 is 5.78 Å². The molecular formula is C23H26N4O. The highest BCUT2D eigenvalue weighted by Gasteiger charge is 2.33. The van der Waals surface area contributed by atoms with Gasteiger partial charge in [-0.15, -0.1) is 0 Å². The molecule has 1 aliphatic rings. The maximum Gasteiger partial charge on any atom is 0.179 e. The van der Waals surface area contributed by atoms with E-state index in [1.165, 1.54) is 0 Å². The van der Waals surface area contributed by atoms with Crippen LogP contribution in [-0.2, 0) is 0 Å². The number of nitrogens with zero attached hydrogens (tertiary/aromatic N) is 4. The Balaban J connectivity index is 2.00. The van der Waals surface area contributed by atoms with Crippen LogP contribution < -0.4 is 0 Å². The number of carbonyl (C=O) groups excluding carboxylic acids is 1. The lowest BCUT2D eigenvalue weighted by molar-refractivity contribution is 0.0888. The van der Waals surface area contributed by atoms with Gasteiger partial charge in [0.15, 0.2) is 5.78 Å². The third kappa shape index (κ3) is 3.35. The largest absolute Gasteiger partial charge is 0.316 e. The van der Waals surface area contributed by atoms with Crippen LogP contribution in [0.3, 0.4) is 0 Å². The molecule has 0 amide bonds. The average molecular weight is 374 g/mol. The molecule has 2 aromatic rings. The number of nitriles is 2. The van der Waals surface area contributed by atoms with Crippen LogP contribution in [0.2, 0.25) is 0 Å². The van der Waals surface area contributed by atoms with Gasteiger partial charge in [0.2, 0.25) is 0 Å². The molecule has 1 aromatic carbocycles. The Labute approximate surface area is 166 Å². The van der Waals surface area contributed by atoms with Gasteiger partial charge in [0.25, 0.3) is 0 Å². The summed E-state index contributed by atoms with van der Waals surface area (Å²) >= 11 is 0. The molecule has 2 unspecified atom stereocenters. The average Bonchev–Trinajstić information content (AvgIpc) is 3.17. The van der Waals surface area contributed by atoms with E-state index in [0.29, 0.717) is 35.3 Å². The highest BCUT2D eigenvalue weighted by Crippen LogP contribution is 2.29. The molecule has 0 saturated carbocycles. The van der Waals surface area contributed by atoms with Crippen LogP contribution >= 0.6 is 0 Å². The Morgan fingerprint density at radius 2 is 1.79 bits per heavy atom. The molecular weight excluding hydrogens is 348 g/mol. The highest BCUT2D eigenvalue weighted by atomic mass is 16.1. The number of carbonyl (C=O) groups is 1. The van der Waals surface area contributed by atoms with Crippen LogP contribution in [0, 0.1) is 36.5 Å². The van der Waals surface area contributed by atoms with Crippen LogP contribution in [0.4, 0.5) is 0 Å². The second-order valence-corrected chi connectivity index (χ2v) is 7.61. The van der Waals surface area contributed by atoms with Crippen LogP contribution in [-0.4, -0.2) is 33.9 Å². The topological polar surface area (TPSA) is 72.8 Å². The summed E-state index contributed by atoms with van der Waals surface area (Å²) in [7, 11) is 0. The third-order valence-electron chi connectivity index (χ3n) is 6.04. The van der Waals surface area contributed by atoms with E-state index in [0.717, 1.165) is 36.3 Å². The number of aromatic nitrogens is 1. The first-order valence-corrected chi connectivity index (χ1v) is 9.84. The van der Waals surface area contributed by atoms with E-state index in [-0.39, 0.29) is 5.78 Å². The van der Waals surface area contributed by atoms with Gasteiger partial charge in [-0.05, 0) is 64.3 Å². The van der Waals surface area contributed by atoms with E-state index in [4.69, 9.17) is 5.26 Å². The molecule has 0 radical (unpaired) electrons. The molecule has 1 saturated heterocycles. The van der Waals surface area contributed by atoms with Crippen molar-refractivity contribution in [3.63, 3.8) is 0 Å². The van der Waals surface area contributed by atoms with Crippen molar-refractivity contribution in [1.29, 1.82) is 10.5 Å². The van der Waals surface area contributed by atoms with E-state index in [2.05, 4.69) is 30.9 Å². The number of rotatable bonds is 5. The molecule has 0 bridgehead atoms. The lowest BCUT2D eigenvalue weighted by Crippen LogP contribution is -2.38. The summed E-state index contributed by atoms with van der Waals surface area (Å²) in [5.41, 5.74) is 3.95. The zero-order chi connectivity index (χ0) is 20.4. The number of hydrogen-bond donors (Lipinski definition) is 0. The van der Waals surface area contributed by atoms with E-state index in [1.54, 1.807) is 12.1 Å². The van der Waals surface area contributed by atoms with Crippen LogP contribution in [0.25, 0.3) is 5.69 Å². The fourth-order valence-electron chi connectivity index (χ4n) is 4.48. The third-order valence-corrected chi connectivity index (χ3v) is 6.04. The Kier molecular flexibility index (Phi) is 5.68. The Morgan fingerprint density at radius 3 is 2.36 bits per heavy atom. The fraction of sp³-hybridized carbons (Fsp3) is 0.435. The van der Waals surface area contributed by atoms with Gasteiger partial charge in [0.05, 0.1) is 29.3 Å². The molecule has 2 heterocycles. The SMILES string of the molecule is CCC1CCC(C)N1CC(=O)c1c(C#N)c(C)n(-c2ccc(C#N)cc2)c1C. The Hall–Kier alpha value is -2.89. The zero-order valence-electron chi connectivity index (χ0n) is 17.0. The van der Waals surface area contributed by atoms with Gasteiger partial charge in [-0.25, -0.2) is 0 Å². The van der Waals surface area contributed by atoms with Gasteiger partial charge in [-0.2, -0.15) is 10.5 Å². The summed E-state index contributed by atoms with van der Waals surface area (Å²) in [5.74, 6) is 0.0109. The Morgan fingerprint density at radius 1 is 1.11 bits per heavy atom. The summed E-state index contributed by atoms with van der Waals surface area (Å²) in [5, 5.41) is 18.8. The summed E-state index contributed by atoms with van der Waals surface area (Å²) in [6.45, 7) is 8.45. The van der Waals surface area contributed by atoms with Gasteiger partial charge in [0.1, 0.15) is 6.07 Å². The maximum absolute atomic E-state index is 13.3. The van der Waals surface area contributed by atoms with Gasteiger partial charge < -0.3 is 4.57 Å². The van der Waals surface area contributed by atoms with Crippen molar-refractivity contribution in [3.05, 3.63) is 52.3 Å². The monoisotopic (exact) mass is 374 g/mol. The molecule has 1 fully saturated rings. The number of Topliss-reactive ketones (excluding diaryl/α,β-unsaturated/α-hetero) is 1. The van der Waals surface area contributed by atoms with Gasteiger partial charge in [-0.1, -0.05) is 6.92 Å². The molecule has 5 heteroatoms. The van der Waals surface area contributed by atoms with E-state index in [1.807, 2.05) is 30.5 Å². The predicted molar refractivity (Wildman–Crippen MR) is 108 cm³/mol. The molecule has 5 nitrogen and oxygen atoms in total. The number of likely N-dealkylation sites (tertiary alicyclic amines) is 1. The number of ketones is 1. The molecule has 2 atom stereocenters. The summed E-state index contributed by atoms with van der Waals surface area (Å²) in [6.07, 6.45) is 3.27. The first-order chi connectivity index (χ1) is 13.4. The summed E-state index contributed by atoms with van der Waals surface area (Å²) < 4.78 is 1.94. The summed E-state index contributed by atoms with van der Waals surface area (Å²) in [6, 6.07) is 12.4. The molecule has 1 aromatic heterocycles. The van der Waals surface area contributed by atoms with Gasteiger partial charge in [0, 0.05) is 29.2 Å². The minimum atomic E-state index is 0.0109. The summed E-state index contributed by atoms with van der Waals surface area (Å²) in [4.78, 5) is 15.5. The fourth-order valence-corrected chi connectivity index (χ4v) is 4.48. The van der Waals surface area contributed by atoms with E-state index >= 15 is 0 Å². The van der Waals surface area contributed by atoms with Gasteiger partial charge in [-0.3, -0.25) is 9.69 Å².